The zero-order valence-corrected chi connectivity index (χ0v) is 22.0. The molecule has 5 fully saturated rings. The lowest BCUT2D eigenvalue weighted by molar-refractivity contribution is -0.146. The molecule has 35 heavy (non-hydrogen) atoms. The molecule has 4 bridgehead atoms. The summed E-state index contributed by atoms with van der Waals surface area (Å²) in [5.74, 6) is 3.11. The summed E-state index contributed by atoms with van der Waals surface area (Å²) in [4.78, 5) is 28.4. The van der Waals surface area contributed by atoms with Crippen molar-refractivity contribution in [3.05, 3.63) is 34.9 Å². The molecule has 2 amide bonds. The van der Waals surface area contributed by atoms with Gasteiger partial charge in [0.05, 0.1) is 5.92 Å². The van der Waals surface area contributed by atoms with E-state index in [4.69, 9.17) is 11.6 Å². The monoisotopic (exact) mass is 499 g/mol. The Morgan fingerprint density at radius 1 is 0.943 bits per heavy atom. The van der Waals surface area contributed by atoms with Crippen LogP contribution in [0.1, 0.15) is 75.7 Å². The van der Waals surface area contributed by atoms with Crippen molar-refractivity contribution in [3.63, 3.8) is 0 Å². The van der Waals surface area contributed by atoms with Crippen LogP contribution in [-0.4, -0.2) is 49.9 Å². The number of benzene rings is 1. The Morgan fingerprint density at radius 3 is 2.17 bits per heavy atom. The Labute approximate surface area is 215 Å². The number of hydrogen-bond donors (Lipinski definition) is 2. The summed E-state index contributed by atoms with van der Waals surface area (Å²) in [7, 11) is 2.09. The van der Waals surface area contributed by atoms with Crippen LogP contribution in [0, 0.1) is 29.1 Å². The highest BCUT2D eigenvalue weighted by Gasteiger charge is 2.54. The minimum Gasteiger partial charge on any atom is -0.356 e. The number of likely N-dealkylation sites (tertiary alicyclic amines) is 1. The minimum absolute atomic E-state index is 0.0329. The molecule has 1 aromatic rings. The van der Waals surface area contributed by atoms with Crippen molar-refractivity contribution in [3.8, 4) is 0 Å². The number of rotatable bonds is 9. The van der Waals surface area contributed by atoms with Gasteiger partial charge in [-0.1, -0.05) is 23.7 Å². The molecule has 4 aliphatic carbocycles. The molecule has 2 atom stereocenters. The summed E-state index contributed by atoms with van der Waals surface area (Å²) in [6.45, 7) is 3.26. The SMILES string of the molecule is CN1CCC(c2ccc(Cl)cc2)C(C(=O)NCCCCCNC(=O)C23CC4CC(CC(C4)C2)C3)C1. The largest absolute Gasteiger partial charge is 0.356 e. The molecule has 6 heteroatoms. The Hall–Kier alpha value is -1.59. The fraction of sp³-hybridized carbons (Fsp3) is 0.724. The Balaban J connectivity index is 1.01. The highest BCUT2D eigenvalue weighted by atomic mass is 35.5. The summed E-state index contributed by atoms with van der Waals surface area (Å²) in [6.07, 6.45) is 11.4. The summed E-state index contributed by atoms with van der Waals surface area (Å²) in [5, 5.41) is 7.21. The van der Waals surface area contributed by atoms with Crippen molar-refractivity contribution in [1.29, 1.82) is 0 Å². The second-order valence-electron chi connectivity index (χ2n) is 12.1. The number of hydrogen-bond acceptors (Lipinski definition) is 3. The minimum atomic E-state index is -0.0451. The van der Waals surface area contributed by atoms with E-state index in [0.717, 1.165) is 87.4 Å². The lowest BCUT2D eigenvalue weighted by Gasteiger charge is -2.55. The van der Waals surface area contributed by atoms with E-state index < -0.39 is 0 Å². The van der Waals surface area contributed by atoms with Gasteiger partial charge in [0.15, 0.2) is 0 Å². The Kier molecular flexibility index (Phi) is 7.74. The Morgan fingerprint density at radius 2 is 1.54 bits per heavy atom. The molecule has 5 nitrogen and oxygen atoms in total. The Bertz CT molecular complexity index is 866. The molecule has 1 saturated heterocycles. The molecular formula is C29H42ClN3O2. The van der Waals surface area contributed by atoms with E-state index >= 15 is 0 Å². The van der Waals surface area contributed by atoms with Crippen LogP contribution in [-0.2, 0) is 9.59 Å². The first-order chi connectivity index (χ1) is 16.9. The molecule has 0 spiro atoms. The molecule has 0 aromatic heterocycles. The van der Waals surface area contributed by atoms with Crippen LogP contribution in [0.5, 0.6) is 0 Å². The molecule has 1 aliphatic heterocycles. The van der Waals surface area contributed by atoms with E-state index in [1.807, 2.05) is 12.1 Å². The number of piperidine rings is 1. The lowest BCUT2D eigenvalue weighted by atomic mass is 9.49. The predicted octanol–water partition coefficient (Wildman–Crippen LogP) is 4.99. The van der Waals surface area contributed by atoms with E-state index in [0.29, 0.717) is 12.5 Å². The molecule has 1 aromatic carbocycles. The van der Waals surface area contributed by atoms with Gasteiger partial charge in [-0.15, -0.1) is 0 Å². The third kappa shape index (κ3) is 5.72. The van der Waals surface area contributed by atoms with Gasteiger partial charge in [0.25, 0.3) is 0 Å². The summed E-state index contributed by atoms with van der Waals surface area (Å²) in [5.41, 5.74) is 1.16. The van der Waals surface area contributed by atoms with Gasteiger partial charge in [0.2, 0.25) is 11.8 Å². The molecule has 4 saturated carbocycles. The number of nitrogens with one attached hydrogen (secondary N) is 2. The maximum absolute atomic E-state index is 13.1. The van der Waals surface area contributed by atoms with Crippen LogP contribution < -0.4 is 10.6 Å². The fourth-order valence-corrected chi connectivity index (χ4v) is 8.16. The average Bonchev–Trinajstić information content (AvgIpc) is 2.83. The first-order valence-electron chi connectivity index (χ1n) is 13.9. The normalized spacial score (nSPS) is 34.1. The molecule has 2 unspecified atom stereocenters. The van der Waals surface area contributed by atoms with Crippen molar-refractivity contribution in [2.24, 2.45) is 29.1 Å². The molecule has 192 valence electrons. The fourth-order valence-electron chi connectivity index (χ4n) is 8.04. The molecule has 0 radical (unpaired) electrons. The van der Waals surface area contributed by atoms with Gasteiger partial charge in [-0.25, -0.2) is 0 Å². The summed E-state index contributed by atoms with van der Waals surface area (Å²) >= 11 is 6.07. The van der Waals surface area contributed by atoms with Crippen molar-refractivity contribution in [1.82, 2.24) is 15.5 Å². The average molecular weight is 500 g/mol. The molecule has 2 N–H and O–H groups in total. The molecule has 1 heterocycles. The maximum atomic E-state index is 13.1. The smallest absolute Gasteiger partial charge is 0.226 e. The van der Waals surface area contributed by atoms with Gasteiger partial charge < -0.3 is 15.5 Å². The highest BCUT2D eigenvalue weighted by molar-refractivity contribution is 6.30. The van der Waals surface area contributed by atoms with Crippen molar-refractivity contribution in [2.75, 3.05) is 33.2 Å². The first-order valence-corrected chi connectivity index (χ1v) is 14.3. The second kappa shape index (κ2) is 10.8. The molecular weight excluding hydrogens is 458 g/mol. The number of unbranched alkanes of at least 4 members (excludes halogenated alkanes) is 2. The zero-order chi connectivity index (χ0) is 24.4. The third-order valence-corrected chi connectivity index (χ3v) is 9.66. The van der Waals surface area contributed by atoms with Gasteiger partial charge in [-0.2, -0.15) is 0 Å². The van der Waals surface area contributed by atoms with E-state index in [2.05, 4.69) is 34.7 Å². The predicted molar refractivity (Wildman–Crippen MR) is 140 cm³/mol. The van der Waals surface area contributed by atoms with Gasteiger partial charge in [-0.3, -0.25) is 9.59 Å². The number of carbonyl (C=O) groups excluding carboxylic acids is 2. The number of carbonyl (C=O) groups is 2. The van der Waals surface area contributed by atoms with Crippen LogP contribution >= 0.6 is 11.6 Å². The van der Waals surface area contributed by atoms with E-state index in [-0.39, 0.29) is 23.2 Å². The van der Waals surface area contributed by atoms with Gasteiger partial charge in [-0.05, 0) is 119 Å². The molecule has 6 rings (SSSR count). The third-order valence-electron chi connectivity index (χ3n) is 9.41. The molecule has 5 aliphatic rings. The van der Waals surface area contributed by atoms with Gasteiger partial charge in [0, 0.05) is 30.1 Å². The number of nitrogens with zero attached hydrogens (tertiary/aromatic N) is 1. The van der Waals surface area contributed by atoms with Crippen LogP contribution in [0.25, 0.3) is 0 Å². The van der Waals surface area contributed by atoms with E-state index in [1.165, 1.54) is 24.8 Å². The highest BCUT2D eigenvalue weighted by Crippen LogP contribution is 2.60. The lowest BCUT2D eigenvalue weighted by Crippen LogP contribution is -2.53. The van der Waals surface area contributed by atoms with Gasteiger partial charge >= 0.3 is 0 Å². The van der Waals surface area contributed by atoms with Crippen LogP contribution in [0.2, 0.25) is 5.02 Å². The summed E-state index contributed by atoms with van der Waals surface area (Å²) < 4.78 is 0. The quantitative estimate of drug-likeness (QED) is 0.470. The second-order valence-corrected chi connectivity index (χ2v) is 12.6. The van der Waals surface area contributed by atoms with Crippen LogP contribution in [0.3, 0.4) is 0 Å². The number of halogens is 1. The standard InChI is InChI=1S/C29H42ClN3O2/c1-33-12-9-25(23-5-7-24(30)8-6-23)26(19-33)27(34)31-10-3-2-4-11-32-28(35)29-16-20-13-21(17-29)15-22(14-20)18-29/h5-8,20-22,25-26H,2-4,9-19H2,1H3,(H,31,34)(H,32,35). The van der Waals surface area contributed by atoms with Crippen molar-refractivity contribution < 1.29 is 9.59 Å². The number of amides is 2. The van der Waals surface area contributed by atoms with Crippen LogP contribution in [0.4, 0.5) is 0 Å². The maximum Gasteiger partial charge on any atom is 0.226 e. The van der Waals surface area contributed by atoms with Crippen molar-refractivity contribution in [2.45, 2.75) is 70.1 Å². The van der Waals surface area contributed by atoms with E-state index in [1.54, 1.807) is 0 Å². The first kappa shape index (κ1) is 25.1. The van der Waals surface area contributed by atoms with Crippen molar-refractivity contribution >= 4 is 23.4 Å². The van der Waals surface area contributed by atoms with Gasteiger partial charge in [0.1, 0.15) is 0 Å². The van der Waals surface area contributed by atoms with E-state index in [9.17, 15) is 9.59 Å². The zero-order valence-electron chi connectivity index (χ0n) is 21.2. The topological polar surface area (TPSA) is 61.4 Å². The van der Waals surface area contributed by atoms with Crippen LogP contribution in [0.15, 0.2) is 24.3 Å². The summed E-state index contributed by atoms with van der Waals surface area (Å²) in [6, 6.07) is 7.98.